The van der Waals surface area contributed by atoms with Crippen molar-refractivity contribution in [2.45, 2.75) is 0 Å². The van der Waals surface area contributed by atoms with Crippen LogP contribution in [0.3, 0.4) is 0 Å². The van der Waals surface area contributed by atoms with Crippen molar-refractivity contribution in [1.82, 2.24) is 4.98 Å². The van der Waals surface area contributed by atoms with Gasteiger partial charge in [-0.15, -0.1) is 22.7 Å². The van der Waals surface area contributed by atoms with Gasteiger partial charge in [-0.1, -0.05) is 54.6 Å². The second-order valence-electron chi connectivity index (χ2n) is 6.82. The van der Waals surface area contributed by atoms with Crippen molar-refractivity contribution in [3.63, 3.8) is 0 Å². The van der Waals surface area contributed by atoms with Crippen molar-refractivity contribution in [2.24, 2.45) is 0 Å². The number of phenols is 1. The topological polar surface area (TPSA) is 76.2 Å². The van der Waals surface area contributed by atoms with E-state index in [-0.39, 0.29) is 11.5 Å². The van der Waals surface area contributed by atoms with E-state index in [1.807, 2.05) is 60.7 Å². The smallest absolute Gasteiger partial charge is 0.203 e. The number of ketones is 1. The van der Waals surface area contributed by atoms with Gasteiger partial charge in [0.05, 0.1) is 10.4 Å². The number of nitrogens with zero attached hydrogens (tertiary/aromatic N) is 1. The molecule has 5 aromatic rings. The Hall–Kier alpha value is -3.48. The first kappa shape index (κ1) is 18.5. The molecule has 0 aliphatic heterocycles. The van der Waals surface area contributed by atoms with E-state index in [2.05, 4.69) is 4.98 Å². The van der Waals surface area contributed by atoms with Crippen molar-refractivity contribution in [1.29, 1.82) is 0 Å². The van der Waals surface area contributed by atoms with Gasteiger partial charge in [0, 0.05) is 26.8 Å². The molecule has 6 heteroatoms. The summed E-state index contributed by atoms with van der Waals surface area (Å²) in [7, 11) is 0. The molecule has 0 atom stereocenters. The van der Waals surface area contributed by atoms with Crippen LogP contribution in [0.4, 0.5) is 5.00 Å². The molecule has 0 spiro atoms. The van der Waals surface area contributed by atoms with Crippen LogP contribution in [0.25, 0.3) is 32.5 Å². The second-order valence-corrected chi connectivity index (χ2v) is 8.76. The van der Waals surface area contributed by atoms with Crippen LogP contribution in [0.15, 0.2) is 78.3 Å². The quantitative estimate of drug-likeness (QED) is 0.334. The van der Waals surface area contributed by atoms with Gasteiger partial charge in [0.2, 0.25) is 5.78 Å². The molecule has 0 saturated carbocycles. The molecule has 2 aromatic heterocycles. The number of anilines is 1. The molecule has 0 radical (unpaired) electrons. The van der Waals surface area contributed by atoms with E-state index < -0.39 is 0 Å². The molecule has 0 amide bonds. The predicted molar refractivity (Wildman–Crippen MR) is 124 cm³/mol. The number of fused-ring (bicyclic) bond motifs is 1. The molecule has 3 aromatic carbocycles. The SMILES string of the molecule is Nc1scnc1-c1ccc(-c2c(C(=O)c3ccccc3)sc3cc(O)ccc23)cc1. The average Bonchev–Trinajstić information content (AvgIpc) is 3.37. The van der Waals surface area contributed by atoms with Gasteiger partial charge in [0.1, 0.15) is 16.4 Å². The summed E-state index contributed by atoms with van der Waals surface area (Å²) in [4.78, 5) is 18.3. The first-order valence-corrected chi connectivity index (χ1v) is 11.0. The third kappa shape index (κ3) is 3.16. The number of benzene rings is 3. The number of hydrogen-bond acceptors (Lipinski definition) is 6. The van der Waals surface area contributed by atoms with Crippen LogP contribution in [0, 0.1) is 0 Å². The van der Waals surface area contributed by atoms with Crippen LogP contribution in [-0.2, 0) is 0 Å². The van der Waals surface area contributed by atoms with Crippen LogP contribution in [0.2, 0.25) is 0 Å². The number of thiophene rings is 1. The van der Waals surface area contributed by atoms with Crippen molar-refractivity contribution in [2.75, 3.05) is 5.73 Å². The highest BCUT2D eigenvalue weighted by Gasteiger charge is 2.21. The van der Waals surface area contributed by atoms with Crippen LogP contribution >= 0.6 is 22.7 Å². The first-order chi connectivity index (χ1) is 14.6. The summed E-state index contributed by atoms with van der Waals surface area (Å²) in [5.74, 6) is 0.155. The highest BCUT2D eigenvalue weighted by Crippen LogP contribution is 2.42. The standard InChI is InChI=1S/C24H16N2O2S2/c25-24-21(26-13-29-24)15-8-6-14(7-9-15)20-18-11-10-17(27)12-19(18)30-23(20)22(28)16-4-2-1-3-5-16/h1-13,27H,25H2. The molecule has 0 saturated heterocycles. The Bertz CT molecular complexity index is 1370. The van der Waals surface area contributed by atoms with Crippen molar-refractivity contribution in [3.8, 4) is 28.1 Å². The third-order valence-corrected chi connectivity index (χ3v) is 6.77. The molecule has 0 aliphatic carbocycles. The minimum Gasteiger partial charge on any atom is -0.508 e. The Kier molecular flexibility index (Phi) is 4.58. The Morgan fingerprint density at radius 3 is 2.37 bits per heavy atom. The van der Waals surface area contributed by atoms with E-state index in [0.29, 0.717) is 15.4 Å². The largest absolute Gasteiger partial charge is 0.508 e. The van der Waals surface area contributed by atoms with E-state index in [9.17, 15) is 9.90 Å². The van der Waals surface area contributed by atoms with Gasteiger partial charge in [-0.25, -0.2) is 4.98 Å². The van der Waals surface area contributed by atoms with Crippen LogP contribution in [-0.4, -0.2) is 15.9 Å². The lowest BCUT2D eigenvalue weighted by atomic mass is 9.97. The maximum Gasteiger partial charge on any atom is 0.203 e. The van der Waals surface area contributed by atoms with Crippen LogP contribution in [0.5, 0.6) is 5.75 Å². The second kappa shape index (κ2) is 7.40. The summed E-state index contributed by atoms with van der Waals surface area (Å²) in [5.41, 5.74) is 11.9. The fourth-order valence-electron chi connectivity index (χ4n) is 3.52. The predicted octanol–water partition coefficient (Wildman–Crippen LogP) is 6.21. The molecule has 30 heavy (non-hydrogen) atoms. The monoisotopic (exact) mass is 428 g/mol. The summed E-state index contributed by atoms with van der Waals surface area (Å²) in [6.45, 7) is 0. The summed E-state index contributed by atoms with van der Waals surface area (Å²) >= 11 is 2.81. The summed E-state index contributed by atoms with van der Waals surface area (Å²) in [5, 5.41) is 11.6. The van der Waals surface area contributed by atoms with E-state index in [1.54, 1.807) is 17.6 Å². The Morgan fingerprint density at radius 2 is 1.67 bits per heavy atom. The fraction of sp³-hybridized carbons (Fsp3) is 0. The number of aromatic hydroxyl groups is 1. The minimum atomic E-state index is -0.0286. The molecule has 146 valence electrons. The van der Waals surface area contributed by atoms with Crippen LogP contribution < -0.4 is 5.73 Å². The lowest BCUT2D eigenvalue weighted by molar-refractivity contribution is 0.104. The summed E-state index contributed by atoms with van der Waals surface area (Å²) in [6, 6.07) is 22.4. The number of nitrogen functional groups attached to an aromatic ring is 1. The van der Waals surface area contributed by atoms with Gasteiger partial charge in [-0.3, -0.25) is 4.79 Å². The Balaban J connectivity index is 1.68. The molecule has 4 nitrogen and oxygen atoms in total. The van der Waals surface area contributed by atoms with Gasteiger partial charge in [0.15, 0.2) is 0 Å². The van der Waals surface area contributed by atoms with Crippen LogP contribution in [0.1, 0.15) is 15.2 Å². The first-order valence-electron chi connectivity index (χ1n) is 9.27. The lowest BCUT2D eigenvalue weighted by Gasteiger charge is -2.07. The number of carbonyl (C=O) groups excluding carboxylic acids is 1. The molecule has 0 aliphatic rings. The van der Waals surface area contributed by atoms with Crippen molar-refractivity contribution >= 4 is 43.5 Å². The molecular weight excluding hydrogens is 412 g/mol. The highest BCUT2D eigenvalue weighted by atomic mass is 32.1. The molecule has 0 fully saturated rings. The average molecular weight is 429 g/mol. The number of thiazole rings is 1. The van der Waals surface area contributed by atoms with Gasteiger partial charge >= 0.3 is 0 Å². The van der Waals surface area contributed by atoms with Crippen molar-refractivity contribution in [3.05, 3.63) is 88.7 Å². The maximum atomic E-state index is 13.3. The highest BCUT2D eigenvalue weighted by molar-refractivity contribution is 7.21. The molecule has 0 unspecified atom stereocenters. The minimum absolute atomic E-state index is 0.0286. The molecular formula is C24H16N2O2S2. The zero-order valence-corrected chi connectivity index (χ0v) is 17.3. The molecule has 3 N–H and O–H groups in total. The Morgan fingerprint density at radius 1 is 0.933 bits per heavy atom. The number of carbonyl (C=O) groups is 1. The number of hydrogen-bond donors (Lipinski definition) is 2. The van der Waals surface area contributed by atoms with Crippen molar-refractivity contribution < 1.29 is 9.90 Å². The normalized spacial score (nSPS) is 11.1. The zero-order chi connectivity index (χ0) is 20.7. The Labute approximate surface area is 180 Å². The lowest BCUT2D eigenvalue weighted by Crippen LogP contribution is -2.00. The number of nitrogens with two attached hydrogens (primary N) is 1. The number of rotatable bonds is 4. The van der Waals surface area contributed by atoms with E-state index >= 15 is 0 Å². The number of aromatic nitrogens is 1. The third-order valence-electron chi connectivity index (χ3n) is 4.96. The summed E-state index contributed by atoms with van der Waals surface area (Å²) < 4.78 is 0.872. The fourth-order valence-corrected chi connectivity index (χ4v) is 5.29. The molecule has 2 heterocycles. The zero-order valence-electron chi connectivity index (χ0n) is 15.7. The van der Waals surface area contributed by atoms with Gasteiger partial charge < -0.3 is 10.8 Å². The van der Waals surface area contributed by atoms with Gasteiger partial charge in [-0.05, 0) is 23.8 Å². The molecule has 5 rings (SSSR count). The number of phenolic OH excluding ortho intramolecular Hbond substituents is 1. The maximum absolute atomic E-state index is 13.3. The summed E-state index contributed by atoms with van der Waals surface area (Å²) in [6.07, 6.45) is 0. The molecule has 0 bridgehead atoms. The van der Waals surface area contributed by atoms with E-state index in [1.165, 1.54) is 22.7 Å². The van der Waals surface area contributed by atoms with Gasteiger partial charge in [-0.2, -0.15) is 0 Å². The van der Waals surface area contributed by atoms with E-state index in [4.69, 9.17) is 5.73 Å². The van der Waals surface area contributed by atoms with E-state index in [0.717, 1.165) is 32.5 Å². The van der Waals surface area contributed by atoms with Gasteiger partial charge in [0.25, 0.3) is 0 Å².